The summed E-state index contributed by atoms with van der Waals surface area (Å²) in [6, 6.07) is 23.2. The van der Waals surface area contributed by atoms with Crippen LogP contribution in [0, 0.1) is 0 Å². The Hall–Kier alpha value is -3.07. The number of hydrogen-bond acceptors (Lipinski definition) is 6. The second-order valence-electron chi connectivity index (χ2n) is 7.63. The van der Waals surface area contributed by atoms with Crippen molar-refractivity contribution in [2.24, 2.45) is 0 Å². The summed E-state index contributed by atoms with van der Waals surface area (Å²) >= 11 is 8.38. The van der Waals surface area contributed by atoms with E-state index in [2.05, 4.69) is 0 Å². The lowest BCUT2D eigenvalue weighted by molar-refractivity contribution is -0.123. The lowest BCUT2D eigenvalue weighted by Gasteiger charge is -2.31. The first-order valence-electron chi connectivity index (χ1n) is 10.6. The molecule has 5 nitrogen and oxygen atoms in total. The van der Waals surface area contributed by atoms with Gasteiger partial charge in [-0.15, -0.1) is 0 Å². The second-order valence-corrected chi connectivity index (χ2v) is 10.4. The standard InChI is InChI=1S/C26H20N2O3S3/c1-31-18-8-6-7-17(15-18)16-23-25(30)27(26(32)34-23)14-13-24(29)28-19-9-2-4-11-21(19)33-22-12-5-3-10-20(22)28/h2-12,15-16H,13-14H2,1H3/b23-16-. The molecule has 3 aromatic rings. The van der Waals surface area contributed by atoms with Crippen molar-refractivity contribution in [3.05, 3.63) is 83.3 Å². The molecule has 2 aliphatic rings. The van der Waals surface area contributed by atoms with Crippen LogP contribution >= 0.6 is 35.7 Å². The van der Waals surface area contributed by atoms with E-state index in [0.717, 1.165) is 32.5 Å². The zero-order valence-electron chi connectivity index (χ0n) is 18.3. The molecule has 0 aromatic heterocycles. The molecule has 0 radical (unpaired) electrons. The number of rotatable bonds is 5. The van der Waals surface area contributed by atoms with Crippen molar-refractivity contribution in [3.8, 4) is 5.75 Å². The van der Waals surface area contributed by atoms with Gasteiger partial charge in [0.15, 0.2) is 0 Å². The Labute approximate surface area is 211 Å². The molecule has 5 rings (SSSR count). The third-order valence-corrected chi connectivity index (χ3v) is 8.00. The number of methoxy groups -OCH3 is 1. The molecule has 2 heterocycles. The Bertz CT molecular complexity index is 1290. The Morgan fingerprint density at radius 3 is 2.32 bits per heavy atom. The normalized spacial score (nSPS) is 16.0. The van der Waals surface area contributed by atoms with Crippen LogP contribution in [0.3, 0.4) is 0 Å². The molecular formula is C26H20N2O3S3. The lowest BCUT2D eigenvalue weighted by Crippen LogP contribution is -2.35. The van der Waals surface area contributed by atoms with Crippen LogP contribution in [0.15, 0.2) is 87.5 Å². The third kappa shape index (κ3) is 4.36. The number of carbonyl (C=O) groups is 2. The van der Waals surface area contributed by atoms with E-state index in [1.165, 1.54) is 16.7 Å². The lowest BCUT2D eigenvalue weighted by atomic mass is 10.2. The molecule has 8 heteroatoms. The van der Waals surface area contributed by atoms with Gasteiger partial charge in [-0.25, -0.2) is 0 Å². The Morgan fingerprint density at radius 2 is 1.65 bits per heavy atom. The van der Waals surface area contributed by atoms with Gasteiger partial charge in [-0.1, -0.05) is 72.1 Å². The molecule has 1 fully saturated rings. The molecule has 2 amide bonds. The largest absolute Gasteiger partial charge is 0.497 e. The van der Waals surface area contributed by atoms with Gasteiger partial charge in [-0.3, -0.25) is 19.4 Å². The number of amides is 2. The van der Waals surface area contributed by atoms with E-state index in [-0.39, 0.29) is 24.8 Å². The fourth-order valence-corrected chi connectivity index (χ4v) is 6.23. The number of ether oxygens (including phenoxy) is 1. The zero-order valence-corrected chi connectivity index (χ0v) is 20.7. The molecule has 0 saturated carbocycles. The van der Waals surface area contributed by atoms with Gasteiger partial charge in [0.1, 0.15) is 10.1 Å². The number of hydrogen-bond donors (Lipinski definition) is 0. The zero-order chi connectivity index (χ0) is 23.7. The maximum absolute atomic E-state index is 13.4. The molecule has 2 aliphatic heterocycles. The number of fused-ring (bicyclic) bond motifs is 2. The highest BCUT2D eigenvalue weighted by atomic mass is 32.2. The molecule has 0 unspecified atom stereocenters. The van der Waals surface area contributed by atoms with Gasteiger partial charge in [-0.05, 0) is 48.0 Å². The van der Waals surface area contributed by atoms with Crippen LogP contribution in [0.1, 0.15) is 12.0 Å². The van der Waals surface area contributed by atoms with Crippen molar-refractivity contribution in [3.63, 3.8) is 0 Å². The number of anilines is 2. The van der Waals surface area contributed by atoms with Crippen LogP contribution in [-0.4, -0.2) is 34.7 Å². The van der Waals surface area contributed by atoms with E-state index < -0.39 is 0 Å². The monoisotopic (exact) mass is 504 g/mol. The molecule has 34 heavy (non-hydrogen) atoms. The first-order chi connectivity index (χ1) is 16.5. The molecule has 0 atom stereocenters. The van der Waals surface area contributed by atoms with Gasteiger partial charge >= 0.3 is 0 Å². The van der Waals surface area contributed by atoms with Crippen molar-refractivity contribution in [1.29, 1.82) is 0 Å². The fourth-order valence-electron chi connectivity index (χ4n) is 3.87. The smallest absolute Gasteiger partial charge is 0.266 e. The van der Waals surface area contributed by atoms with Gasteiger partial charge in [0.2, 0.25) is 5.91 Å². The number of benzene rings is 3. The predicted octanol–water partition coefficient (Wildman–Crippen LogP) is 6.12. The number of para-hydroxylation sites is 2. The average molecular weight is 505 g/mol. The first kappa shape index (κ1) is 22.7. The van der Waals surface area contributed by atoms with Gasteiger partial charge in [0, 0.05) is 22.8 Å². The van der Waals surface area contributed by atoms with Crippen molar-refractivity contribution < 1.29 is 14.3 Å². The fraction of sp³-hybridized carbons (Fsp3) is 0.115. The maximum atomic E-state index is 13.4. The second kappa shape index (κ2) is 9.66. The summed E-state index contributed by atoms with van der Waals surface area (Å²) in [7, 11) is 1.60. The van der Waals surface area contributed by atoms with Crippen molar-refractivity contribution >= 4 is 69.3 Å². The van der Waals surface area contributed by atoms with E-state index in [0.29, 0.717) is 9.23 Å². The number of thiocarbonyl (C=S) groups is 1. The summed E-state index contributed by atoms with van der Waals surface area (Å²) in [6.07, 6.45) is 1.96. The molecule has 170 valence electrons. The predicted molar refractivity (Wildman–Crippen MR) is 142 cm³/mol. The van der Waals surface area contributed by atoms with Crippen molar-refractivity contribution in [2.45, 2.75) is 16.2 Å². The molecule has 3 aromatic carbocycles. The summed E-state index contributed by atoms with van der Waals surface area (Å²) in [4.78, 5) is 32.4. The summed E-state index contributed by atoms with van der Waals surface area (Å²) in [5.41, 5.74) is 2.58. The Kier molecular flexibility index (Phi) is 6.45. The molecule has 0 spiro atoms. The van der Waals surface area contributed by atoms with Crippen LogP contribution in [0.5, 0.6) is 5.75 Å². The van der Waals surface area contributed by atoms with Crippen molar-refractivity contribution in [2.75, 3.05) is 18.6 Å². The highest BCUT2D eigenvalue weighted by molar-refractivity contribution is 8.26. The van der Waals surface area contributed by atoms with Gasteiger partial charge in [0.05, 0.1) is 23.4 Å². The molecule has 0 aliphatic carbocycles. The average Bonchev–Trinajstić information content (AvgIpc) is 3.12. The van der Waals surface area contributed by atoms with E-state index >= 15 is 0 Å². The quantitative estimate of drug-likeness (QED) is 0.308. The highest BCUT2D eigenvalue weighted by Crippen LogP contribution is 2.48. The Morgan fingerprint density at radius 1 is 0.971 bits per heavy atom. The van der Waals surface area contributed by atoms with E-state index in [1.807, 2.05) is 72.8 Å². The summed E-state index contributed by atoms with van der Waals surface area (Å²) < 4.78 is 5.72. The maximum Gasteiger partial charge on any atom is 0.266 e. The molecule has 0 N–H and O–H groups in total. The minimum atomic E-state index is -0.180. The summed E-state index contributed by atoms with van der Waals surface area (Å²) in [6.45, 7) is 0.229. The van der Waals surface area contributed by atoms with Gasteiger partial charge in [-0.2, -0.15) is 0 Å². The van der Waals surface area contributed by atoms with E-state index in [4.69, 9.17) is 17.0 Å². The summed E-state index contributed by atoms with van der Waals surface area (Å²) in [5.74, 6) is 0.460. The van der Waals surface area contributed by atoms with Crippen LogP contribution in [0.25, 0.3) is 6.08 Å². The summed E-state index contributed by atoms with van der Waals surface area (Å²) in [5, 5.41) is 0. The third-order valence-electron chi connectivity index (χ3n) is 5.50. The molecule has 1 saturated heterocycles. The topological polar surface area (TPSA) is 49.9 Å². The number of thioether (sulfide) groups is 1. The minimum Gasteiger partial charge on any atom is -0.497 e. The van der Waals surface area contributed by atoms with Crippen molar-refractivity contribution in [1.82, 2.24) is 4.90 Å². The number of nitrogens with zero attached hydrogens (tertiary/aromatic N) is 2. The van der Waals surface area contributed by atoms with Gasteiger partial charge < -0.3 is 4.74 Å². The van der Waals surface area contributed by atoms with E-state index in [9.17, 15) is 9.59 Å². The van der Waals surface area contributed by atoms with E-state index in [1.54, 1.807) is 29.8 Å². The molecular weight excluding hydrogens is 484 g/mol. The first-order valence-corrected chi connectivity index (χ1v) is 12.7. The Balaban J connectivity index is 1.34. The van der Waals surface area contributed by atoms with Crippen LogP contribution in [-0.2, 0) is 9.59 Å². The number of carbonyl (C=O) groups excluding carboxylic acids is 2. The minimum absolute atomic E-state index is 0.0778. The SMILES string of the molecule is COc1cccc(/C=C2\SC(=S)N(CCC(=O)N3c4ccccc4Sc4ccccc43)C2=O)c1. The molecule has 0 bridgehead atoms. The van der Waals surface area contributed by atoms with Gasteiger partial charge in [0.25, 0.3) is 5.91 Å². The van der Waals surface area contributed by atoms with Crippen LogP contribution < -0.4 is 9.64 Å². The van der Waals surface area contributed by atoms with Crippen LogP contribution in [0.4, 0.5) is 11.4 Å². The highest BCUT2D eigenvalue weighted by Gasteiger charge is 2.34. The van der Waals surface area contributed by atoms with Crippen LogP contribution in [0.2, 0.25) is 0 Å².